The number of pyridine rings is 2. The molecular weight excluding hydrogens is 446 g/mol. The van der Waals surface area contributed by atoms with E-state index in [4.69, 9.17) is 9.72 Å². The van der Waals surface area contributed by atoms with Gasteiger partial charge in [-0.1, -0.05) is 12.1 Å². The third kappa shape index (κ3) is 5.24. The quantitative estimate of drug-likeness (QED) is 0.502. The Morgan fingerprint density at radius 3 is 2.83 bits per heavy atom. The van der Waals surface area contributed by atoms with E-state index in [9.17, 15) is 14.7 Å². The monoisotopic (exact) mass is 479 g/mol. The van der Waals surface area contributed by atoms with Gasteiger partial charge in [0, 0.05) is 56.5 Å². The maximum Gasteiger partial charge on any atom is 0.305 e. The summed E-state index contributed by atoms with van der Waals surface area (Å²) in [7, 11) is 1.52. The van der Waals surface area contributed by atoms with Crippen LogP contribution >= 0.6 is 0 Å². The molecule has 2 aliphatic heterocycles. The molecule has 0 bridgehead atoms. The van der Waals surface area contributed by atoms with Gasteiger partial charge in [0.2, 0.25) is 11.8 Å². The van der Waals surface area contributed by atoms with Crippen LogP contribution in [0.15, 0.2) is 30.5 Å². The van der Waals surface area contributed by atoms with Crippen molar-refractivity contribution in [3.8, 4) is 5.88 Å². The standard InChI is InChI=1S/C26H33N5O4/c1-35-22-7-5-18(14-28-22)21(11-23(32)33)30-25(34)19-12-26(13-19)15-31(16-26)10-8-20-6-4-17-3-2-9-27-24(17)29-20/h4-7,14,19,21H,2-3,8-13,15-16H2,1H3,(H,27,29)(H,30,34)(H,32,33). The van der Waals surface area contributed by atoms with Gasteiger partial charge >= 0.3 is 5.97 Å². The van der Waals surface area contributed by atoms with Gasteiger partial charge in [0.05, 0.1) is 19.6 Å². The summed E-state index contributed by atoms with van der Waals surface area (Å²) in [6.07, 6.45) is 6.30. The Morgan fingerprint density at radius 1 is 1.29 bits per heavy atom. The summed E-state index contributed by atoms with van der Waals surface area (Å²) in [5.74, 6) is 0.405. The number of nitrogens with one attached hydrogen (secondary N) is 2. The molecule has 2 aromatic heterocycles. The fraction of sp³-hybridized carbons (Fsp3) is 0.538. The number of aryl methyl sites for hydroxylation is 1. The normalized spacial score (nSPS) is 19.6. The summed E-state index contributed by atoms with van der Waals surface area (Å²) in [4.78, 5) is 35.6. The topological polar surface area (TPSA) is 117 Å². The lowest BCUT2D eigenvalue weighted by molar-refractivity contribution is -0.145. The average molecular weight is 480 g/mol. The van der Waals surface area contributed by atoms with E-state index in [1.165, 1.54) is 19.1 Å². The Labute approximate surface area is 205 Å². The Hall–Kier alpha value is -3.20. The lowest BCUT2D eigenvalue weighted by Gasteiger charge is -2.59. The second-order valence-corrected chi connectivity index (χ2v) is 10.2. The van der Waals surface area contributed by atoms with Crippen molar-refractivity contribution in [2.45, 2.75) is 44.6 Å². The van der Waals surface area contributed by atoms with E-state index in [1.54, 1.807) is 18.3 Å². The highest BCUT2D eigenvalue weighted by Gasteiger charge is 2.54. The number of hydrogen-bond donors (Lipinski definition) is 3. The van der Waals surface area contributed by atoms with E-state index in [-0.39, 0.29) is 23.7 Å². The van der Waals surface area contributed by atoms with Crippen LogP contribution in [0.25, 0.3) is 0 Å². The van der Waals surface area contributed by atoms with E-state index in [0.717, 1.165) is 63.4 Å². The molecule has 1 spiro atoms. The number of hydrogen-bond acceptors (Lipinski definition) is 7. The maximum absolute atomic E-state index is 12.9. The van der Waals surface area contributed by atoms with E-state index in [0.29, 0.717) is 11.4 Å². The lowest BCUT2D eigenvalue weighted by Crippen LogP contribution is -2.64. The number of amides is 1. The number of aromatic nitrogens is 2. The molecule has 1 atom stereocenters. The van der Waals surface area contributed by atoms with E-state index >= 15 is 0 Å². The van der Waals surface area contributed by atoms with Gasteiger partial charge in [-0.05, 0) is 48.3 Å². The number of carboxylic acid groups (broad SMARTS) is 1. The number of aliphatic carboxylic acids is 1. The number of fused-ring (bicyclic) bond motifs is 1. The lowest BCUT2D eigenvalue weighted by atomic mass is 9.57. The number of carbonyl (C=O) groups excluding carboxylic acids is 1. The van der Waals surface area contributed by atoms with Crippen molar-refractivity contribution < 1.29 is 19.4 Å². The van der Waals surface area contributed by atoms with Crippen LogP contribution in [0.5, 0.6) is 5.88 Å². The predicted octanol–water partition coefficient (Wildman–Crippen LogP) is 2.43. The largest absolute Gasteiger partial charge is 0.481 e. The van der Waals surface area contributed by atoms with E-state index in [1.807, 2.05) is 0 Å². The second kappa shape index (κ2) is 9.81. The minimum Gasteiger partial charge on any atom is -0.481 e. The predicted molar refractivity (Wildman–Crippen MR) is 130 cm³/mol. The SMILES string of the molecule is COc1ccc(C(CC(=O)O)NC(=O)C2CC3(C2)CN(CCc2ccc4c(n2)NCCC4)C3)cn1. The summed E-state index contributed by atoms with van der Waals surface area (Å²) in [5.41, 5.74) is 3.34. The number of likely N-dealkylation sites (tertiary alicyclic amines) is 1. The van der Waals surface area contributed by atoms with Gasteiger partial charge in [-0.25, -0.2) is 9.97 Å². The molecule has 3 N–H and O–H groups in total. The number of nitrogens with zero attached hydrogens (tertiary/aromatic N) is 3. The molecular formula is C26H33N5O4. The van der Waals surface area contributed by atoms with Crippen LogP contribution in [0.3, 0.4) is 0 Å². The summed E-state index contributed by atoms with van der Waals surface area (Å²) in [5, 5.41) is 15.7. The molecule has 35 heavy (non-hydrogen) atoms. The van der Waals surface area contributed by atoms with Gasteiger partial charge in [0.15, 0.2) is 0 Å². The molecule has 1 unspecified atom stereocenters. The first-order valence-electron chi connectivity index (χ1n) is 12.4. The Balaban J connectivity index is 1.08. The number of carbonyl (C=O) groups is 2. The van der Waals surface area contributed by atoms with Crippen molar-refractivity contribution >= 4 is 17.7 Å². The van der Waals surface area contributed by atoms with Crippen molar-refractivity contribution in [1.29, 1.82) is 0 Å². The van der Waals surface area contributed by atoms with Crippen molar-refractivity contribution in [2.75, 3.05) is 38.6 Å². The summed E-state index contributed by atoms with van der Waals surface area (Å²) < 4.78 is 5.07. The first-order chi connectivity index (χ1) is 16.9. The molecule has 0 aromatic carbocycles. The maximum atomic E-state index is 12.9. The molecule has 1 saturated heterocycles. The van der Waals surface area contributed by atoms with Crippen LogP contribution in [-0.4, -0.2) is 65.1 Å². The minimum absolute atomic E-state index is 0.0620. The third-order valence-electron chi connectivity index (χ3n) is 7.55. The summed E-state index contributed by atoms with van der Waals surface area (Å²) in [6.45, 7) is 4.01. The second-order valence-electron chi connectivity index (χ2n) is 10.2. The van der Waals surface area contributed by atoms with Crippen molar-refractivity contribution in [3.05, 3.63) is 47.3 Å². The highest BCUT2D eigenvalue weighted by atomic mass is 16.5. The summed E-state index contributed by atoms with van der Waals surface area (Å²) >= 11 is 0. The van der Waals surface area contributed by atoms with Crippen LogP contribution in [0.1, 0.15) is 48.5 Å². The van der Waals surface area contributed by atoms with Gasteiger partial charge in [-0.15, -0.1) is 0 Å². The molecule has 0 radical (unpaired) electrons. The van der Waals surface area contributed by atoms with Crippen LogP contribution in [0.4, 0.5) is 5.82 Å². The number of rotatable bonds is 9. The Bertz CT molecular complexity index is 1080. The zero-order chi connectivity index (χ0) is 24.4. The van der Waals surface area contributed by atoms with Crippen molar-refractivity contribution in [2.24, 2.45) is 11.3 Å². The zero-order valence-electron chi connectivity index (χ0n) is 20.1. The molecule has 1 aliphatic carbocycles. The number of ether oxygens (including phenoxy) is 1. The van der Waals surface area contributed by atoms with Crippen LogP contribution < -0.4 is 15.4 Å². The molecule has 1 amide bonds. The molecule has 9 nitrogen and oxygen atoms in total. The highest BCUT2D eigenvalue weighted by molar-refractivity contribution is 5.81. The zero-order valence-corrected chi connectivity index (χ0v) is 20.1. The fourth-order valence-corrected chi connectivity index (χ4v) is 5.71. The molecule has 4 heterocycles. The van der Waals surface area contributed by atoms with Crippen molar-refractivity contribution in [1.82, 2.24) is 20.2 Å². The van der Waals surface area contributed by atoms with Gasteiger partial charge < -0.3 is 25.4 Å². The van der Waals surface area contributed by atoms with Gasteiger partial charge in [0.1, 0.15) is 5.82 Å². The van der Waals surface area contributed by atoms with E-state index < -0.39 is 12.0 Å². The summed E-state index contributed by atoms with van der Waals surface area (Å²) in [6, 6.07) is 7.17. The van der Waals surface area contributed by atoms with Gasteiger partial charge in [0.25, 0.3) is 0 Å². The third-order valence-corrected chi connectivity index (χ3v) is 7.55. The Kier molecular flexibility index (Phi) is 6.60. The van der Waals surface area contributed by atoms with Crippen LogP contribution in [0, 0.1) is 11.3 Å². The highest BCUT2D eigenvalue weighted by Crippen LogP contribution is 2.52. The molecule has 186 valence electrons. The Morgan fingerprint density at radius 2 is 2.11 bits per heavy atom. The van der Waals surface area contributed by atoms with Gasteiger partial charge in [-0.2, -0.15) is 0 Å². The molecule has 9 heteroatoms. The van der Waals surface area contributed by atoms with Crippen LogP contribution in [0.2, 0.25) is 0 Å². The number of methoxy groups -OCH3 is 1. The first kappa shape index (κ1) is 23.5. The first-order valence-corrected chi connectivity index (χ1v) is 12.4. The fourth-order valence-electron chi connectivity index (χ4n) is 5.71. The average Bonchev–Trinajstić information content (AvgIpc) is 2.81. The molecule has 2 aromatic rings. The number of carboxylic acids is 1. The number of anilines is 1. The minimum atomic E-state index is -0.963. The van der Waals surface area contributed by atoms with Crippen LogP contribution in [-0.2, 0) is 22.4 Å². The molecule has 5 rings (SSSR count). The molecule has 2 fully saturated rings. The smallest absolute Gasteiger partial charge is 0.305 e. The molecule has 3 aliphatic rings. The molecule has 1 saturated carbocycles. The van der Waals surface area contributed by atoms with Crippen molar-refractivity contribution in [3.63, 3.8) is 0 Å². The van der Waals surface area contributed by atoms with E-state index in [2.05, 4.69) is 32.7 Å². The van der Waals surface area contributed by atoms with Gasteiger partial charge in [-0.3, -0.25) is 9.59 Å².